The van der Waals surface area contributed by atoms with Crippen molar-refractivity contribution >= 4 is 33.1 Å². The molecule has 0 saturated carbocycles. The molecule has 0 fully saturated rings. The number of amides is 1. The van der Waals surface area contributed by atoms with Gasteiger partial charge in [-0.1, -0.05) is 12.1 Å². The van der Waals surface area contributed by atoms with Gasteiger partial charge in [-0.3, -0.25) is 14.2 Å². The summed E-state index contributed by atoms with van der Waals surface area (Å²) in [7, 11) is 0. The van der Waals surface area contributed by atoms with Gasteiger partial charge in [0.05, 0.1) is 5.39 Å². The average molecular weight is 369 g/mol. The number of carbonyl (C=O) groups is 1. The summed E-state index contributed by atoms with van der Waals surface area (Å²) >= 11 is 1.52. The number of thiophene rings is 1. The molecule has 136 valence electrons. The lowest BCUT2D eigenvalue weighted by Gasteiger charge is -2.18. The van der Waals surface area contributed by atoms with Gasteiger partial charge in [-0.25, -0.2) is 4.98 Å². The number of anilines is 1. The number of hydrogen-bond donors (Lipinski definition) is 1. The van der Waals surface area contributed by atoms with Gasteiger partial charge in [-0.05, 0) is 64.3 Å². The number of hydrogen-bond acceptors (Lipinski definition) is 4. The fourth-order valence-electron chi connectivity index (χ4n) is 3.10. The maximum atomic E-state index is 13.1. The highest BCUT2D eigenvalue weighted by molar-refractivity contribution is 7.18. The van der Waals surface area contributed by atoms with Gasteiger partial charge >= 0.3 is 0 Å². The summed E-state index contributed by atoms with van der Waals surface area (Å²) in [6.07, 6.45) is 0. The minimum absolute atomic E-state index is 0.155. The average Bonchev–Trinajstić information content (AvgIpc) is 2.85. The Morgan fingerprint density at radius 1 is 1.15 bits per heavy atom. The van der Waals surface area contributed by atoms with Crippen molar-refractivity contribution in [2.75, 3.05) is 5.32 Å². The van der Waals surface area contributed by atoms with E-state index in [1.54, 1.807) is 13.8 Å². The second-order valence-electron chi connectivity index (χ2n) is 6.71. The van der Waals surface area contributed by atoms with Crippen molar-refractivity contribution in [1.29, 1.82) is 0 Å². The molecule has 1 atom stereocenters. The minimum Gasteiger partial charge on any atom is -0.324 e. The Hall–Kier alpha value is -2.47. The summed E-state index contributed by atoms with van der Waals surface area (Å²) in [6, 6.07) is 5.13. The van der Waals surface area contributed by atoms with Crippen molar-refractivity contribution in [2.45, 2.75) is 47.6 Å². The van der Waals surface area contributed by atoms with E-state index in [2.05, 4.69) is 10.3 Å². The lowest BCUT2D eigenvalue weighted by Crippen LogP contribution is -2.34. The zero-order valence-electron chi connectivity index (χ0n) is 15.9. The first-order valence-electron chi connectivity index (χ1n) is 8.58. The molecule has 0 spiro atoms. The van der Waals surface area contributed by atoms with Crippen LogP contribution in [0.25, 0.3) is 10.2 Å². The fourth-order valence-corrected chi connectivity index (χ4v) is 4.17. The van der Waals surface area contributed by atoms with Crippen molar-refractivity contribution in [1.82, 2.24) is 9.55 Å². The summed E-state index contributed by atoms with van der Waals surface area (Å²) in [4.78, 5) is 32.2. The molecule has 0 aliphatic carbocycles. The molecule has 2 heterocycles. The van der Waals surface area contributed by atoms with Crippen molar-refractivity contribution in [2.24, 2.45) is 0 Å². The maximum absolute atomic E-state index is 13.1. The van der Waals surface area contributed by atoms with Crippen LogP contribution in [0.4, 0.5) is 5.69 Å². The summed E-state index contributed by atoms with van der Waals surface area (Å²) < 4.78 is 1.49. The number of benzene rings is 1. The Balaban J connectivity index is 2.03. The second kappa shape index (κ2) is 6.68. The van der Waals surface area contributed by atoms with Gasteiger partial charge in [0.2, 0.25) is 5.91 Å². The molecule has 1 amide bonds. The highest BCUT2D eigenvalue weighted by atomic mass is 32.1. The molecule has 26 heavy (non-hydrogen) atoms. The zero-order valence-corrected chi connectivity index (χ0v) is 16.7. The molecule has 3 rings (SSSR count). The Labute approximate surface area is 156 Å². The van der Waals surface area contributed by atoms with E-state index in [1.165, 1.54) is 15.9 Å². The third-order valence-corrected chi connectivity index (χ3v) is 6.14. The van der Waals surface area contributed by atoms with Crippen LogP contribution in [0.3, 0.4) is 0 Å². The van der Waals surface area contributed by atoms with Crippen LogP contribution in [0.2, 0.25) is 0 Å². The molecule has 2 aromatic heterocycles. The monoisotopic (exact) mass is 369 g/mol. The highest BCUT2D eigenvalue weighted by Gasteiger charge is 2.22. The van der Waals surface area contributed by atoms with Crippen molar-refractivity contribution in [3.05, 3.63) is 55.9 Å². The molecule has 0 bridgehead atoms. The summed E-state index contributed by atoms with van der Waals surface area (Å²) in [5, 5.41) is 3.56. The molecule has 0 aliphatic rings. The Kier molecular flexibility index (Phi) is 4.71. The molecule has 1 N–H and O–H groups in total. The van der Waals surface area contributed by atoms with E-state index in [1.807, 2.05) is 45.9 Å². The van der Waals surface area contributed by atoms with Crippen LogP contribution >= 0.6 is 11.3 Å². The number of nitrogens with zero attached hydrogens (tertiary/aromatic N) is 2. The number of fused-ring (bicyclic) bond motifs is 1. The van der Waals surface area contributed by atoms with E-state index in [4.69, 9.17) is 0 Å². The molecule has 1 unspecified atom stereocenters. The van der Waals surface area contributed by atoms with Crippen LogP contribution in [-0.2, 0) is 4.79 Å². The number of carbonyl (C=O) groups excluding carboxylic acids is 1. The van der Waals surface area contributed by atoms with E-state index in [9.17, 15) is 9.59 Å². The lowest BCUT2D eigenvalue weighted by atomic mass is 10.1. The SMILES string of the molecule is Cc1cccc(NC(=O)C(C)n2c(C)nc3sc(C)c(C)c3c2=O)c1C. The van der Waals surface area contributed by atoms with Crippen LogP contribution in [-0.4, -0.2) is 15.5 Å². The lowest BCUT2D eigenvalue weighted by molar-refractivity contribution is -0.118. The number of aryl methyl sites for hydroxylation is 4. The van der Waals surface area contributed by atoms with Gasteiger partial charge in [0.15, 0.2) is 0 Å². The fraction of sp³-hybridized carbons (Fsp3) is 0.350. The van der Waals surface area contributed by atoms with Gasteiger partial charge in [0, 0.05) is 10.6 Å². The molecule has 5 nitrogen and oxygen atoms in total. The quantitative estimate of drug-likeness (QED) is 0.752. The summed E-state index contributed by atoms with van der Waals surface area (Å²) in [5.74, 6) is 0.321. The Morgan fingerprint density at radius 2 is 1.85 bits per heavy atom. The molecule has 6 heteroatoms. The largest absolute Gasteiger partial charge is 0.324 e. The molecular formula is C20H23N3O2S. The van der Waals surface area contributed by atoms with Crippen molar-refractivity contribution < 1.29 is 4.79 Å². The van der Waals surface area contributed by atoms with Crippen LogP contribution in [0, 0.1) is 34.6 Å². The zero-order chi connectivity index (χ0) is 19.2. The van der Waals surface area contributed by atoms with Crippen LogP contribution in [0.15, 0.2) is 23.0 Å². The van der Waals surface area contributed by atoms with Gasteiger partial charge in [0.25, 0.3) is 5.56 Å². The number of nitrogens with one attached hydrogen (secondary N) is 1. The van der Waals surface area contributed by atoms with Crippen LogP contribution < -0.4 is 10.9 Å². The normalized spacial score (nSPS) is 12.4. The topological polar surface area (TPSA) is 64.0 Å². The van der Waals surface area contributed by atoms with E-state index >= 15 is 0 Å². The van der Waals surface area contributed by atoms with E-state index in [-0.39, 0.29) is 11.5 Å². The van der Waals surface area contributed by atoms with E-state index in [0.717, 1.165) is 32.1 Å². The van der Waals surface area contributed by atoms with Crippen LogP contribution in [0.1, 0.15) is 40.4 Å². The van der Waals surface area contributed by atoms with E-state index in [0.29, 0.717) is 11.2 Å². The molecule has 0 saturated heterocycles. The first-order valence-corrected chi connectivity index (χ1v) is 9.40. The van der Waals surface area contributed by atoms with Gasteiger partial charge < -0.3 is 5.32 Å². The van der Waals surface area contributed by atoms with Gasteiger partial charge in [-0.2, -0.15) is 0 Å². The number of rotatable bonds is 3. The van der Waals surface area contributed by atoms with Crippen molar-refractivity contribution in [3.63, 3.8) is 0 Å². The molecular weight excluding hydrogens is 346 g/mol. The van der Waals surface area contributed by atoms with E-state index < -0.39 is 6.04 Å². The summed E-state index contributed by atoms with van der Waals surface area (Å²) in [5.41, 5.74) is 3.69. The Morgan fingerprint density at radius 3 is 2.54 bits per heavy atom. The Bertz CT molecular complexity index is 1080. The van der Waals surface area contributed by atoms with Gasteiger partial charge in [0.1, 0.15) is 16.7 Å². The molecule has 3 aromatic rings. The first-order chi connectivity index (χ1) is 12.2. The predicted molar refractivity (Wildman–Crippen MR) is 107 cm³/mol. The second-order valence-corrected chi connectivity index (χ2v) is 7.91. The predicted octanol–water partition coefficient (Wildman–Crippen LogP) is 4.20. The third kappa shape index (κ3) is 2.94. The smallest absolute Gasteiger partial charge is 0.263 e. The first kappa shape index (κ1) is 18.3. The van der Waals surface area contributed by atoms with Crippen molar-refractivity contribution in [3.8, 4) is 0 Å². The molecule has 1 aromatic carbocycles. The minimum atomic E-state index is -0.654. The maximum Gasteiger partial charge on any atom is 0.263 e. The standard InChI is InChI=1S/C20H23N3O2S/c1-10-8-7-9-16(11(10)2)22-18(24)13(4)23-15(6)21-19-17(20(23)25)12(3)14(5)26-19/h7-9,13H,1-6H3,(H,22,24). The highest BCUT2D eigenvalue weighted by Crippen LogP contribution is 2.27. The van der Waals surface area contributed by atoms with Gasteiger partial charge in [-0.15, -0.1) is 11.3 Å². The molecule has 0 aliphatic heterocycles. The number of aromatic nitrogens is 2. The third-order valence-electron chi connectivity index (χ3n) is 5.04. The summed E-state index contributed by atoms with van der Waals surface area (Å²) in [6.45, 7) is 11.4. The molecule has 0 radical (unpaired) electrons. The van der Waals surface area contributed by atoms with Crippen LogP contribution in [0.5, 0.6) is 0 Å².